The lowest BCUT2D eigenvalue weighted by Gasteiger charge is -2.42. The minimum Gasteiger partial charge on any atom is -0.390 e. The van der Waals surface area contributed by atoms with Crippen LogP contribution < -0.4 is 11.3 Å². The molecule has 1 aliphatic carbocycles. The van der Waals surface area contributed by atoms with Gasteiger partial charge in [-0.15, -0.1) is 0 Å². The maximum absolute atomic E-state index is 12.6. The van der Waals surface area contributed by atoms with Crippen molar-refractivity contribution in [2.24, 2.45) is 5.73 Å². The number of hydrogen-bond acceptors (Lipinski definition) is 4. The zero-order chi connectivity index (χ0) is 17.6. The quantitative estimate of drug-likeness (QED) is 0.719. The number of aromatic nitrogens is 1. The zero-order valence-electron chi connectivity index (χ0n) is 13.8. The summed E-state index contributed by atoms with van der Waals surface area (Å²) < 4.78 is 0. The third kappa shape index (κ3) is 2.33. The first-order valence-corrected chi connectivity index (χ1v) is 8.55. The Hall–Kier alpha value is -2.44. The summed E-state index contributed by atoms with van der Waals surface area (Å²) in [5.74, 6) is -0.262. The monoisotopic (exact) mass is 339 g/mol. The molecule has 2 aliphatic rings. The molecular weight excluding hydrogens is 318 g/mol. The van der Waals surface area contributed by atoms with Crippen LogP contribution in [0.5, 0.6) is 0 Å². The van der Waals surface area contributed by atoms with E-state index in [-0.39, 0.29) is 17.0 Å². The van der Waals surface area contributed by atoms with Crippen molar-refractivity contribution in [1.82, 2.24) is 9.88 Å². The molecule has 1 spiro atoms. The molecule has 0 bridgehead atoms. The zero-order valence-corrected chi connectivity index (χ0v) is 13.8. The van der Waals surface area contributed by atoms with Crippen LogP contribution in [0.3, 0.4) is 0 Å². The van der Waals surface area contributed by atoms with Gasteiger partial charge in [0.2, 0.25) is 0 Å². The lowest BCUT2D eigenvalue weighted by Crippen LogP contribution is -2.50. The van der Waals surface area contributed by atoms with Gasteiger partial charge in [-0.1, -0.05) is 24.3 Å². The van der Waals surface area contributed by atoms with Crippen LogP contribution in [0.1, 0.15) is 40.4 Å². The van der Waals surface area contributed by atoms with E-state index < -0.39 is 17.6 Å². The summed E-state index contributed by atoms with van der Waals surface area (Å²) in [5.41, 5.74) is 7.69. The number of amides is 1. The highest BCUT2D eigenvalue weighted by molar-refractivity contribution is 5.93. The summed E-state index contributed by atoms with van der Waals surface area (Å²) >= 11 is 0. The maximum atomic E-state index is 12.6. The number of likely N-dealkylation sites (tertiary alicyclic amines) is 1. The molecule has 1 fully saturated rings. The fourth-order valence-corrected chi connectivity index (χ4v) is 4.35. The van der Waals surface area contributed by atoms with Gasteiger partial charge < -0.3 is 20.7 Å². The van der Waals surface area contributed by atoms with Crippen LogP contribution >= 0.6 is 0 Å². The second kappa shape index (κ2) is 5.82. The van der Waals surface area contributed by atoms with Gasteiger partial charge >= 0.3 is 0 Å². The van der Waals surface area contributed by atoms with Gasteiger partial charge in [0.25, 0.3) is 11.5 Å². The van der Waals surface area contributed by atoms with Crippen LogP contribution in [0.25, 0.3) is 0 Å². The number of benzene rings is 1. The minimum atomic E-state index is -0.651. The van der Waals surface area contributed by atoms with Crippen molar-refractivity contribution in [3.05, 3.63) is 69.6 Å². The Kier molecular flexibility index (Phi) is 3.74. The molecule has 6 nitrogen and oxygen atoms in total. The molecule has 1 saturated heterocycles. The fraction of sp³-hybridized carbons (Fsp3) is 0.368. The Bertz CT molecular complexity index is 868. The molecule has 1 aromatic carbocycles. The van der Waals surface area contributed by atoms with Crippen molar-refractivity contribution in [2.45, 2.75) is 30.4 Å². The van der Waals surface area contributed by atoms with Crippen LogP contribution in [-0.4, -0.2) is 40.1 Å². The predicted octanol–water partition coefficient (Wildman–Crippen LogP) is 0.923. The van der Waals surface area contributed by atoms with Gasteiger partial charge in [-0.3, -0.25) is 9.59 Å². The Morgan fingerprint density at radius 3 is 2.64 bits per heavy atom. The van der Waals surface area contributed by atoms with Gasteiger partial charge in [-0.2, -0.15) is 0 Å². The number of H-pyrrole nitrogens is 1. The van der Waals surface area contributed by atoms with E-state index in [1.54, 1.807) is 17.0 Å². The van der Waals surface area contributed by atoms with E-state index >= 15 is 0 Å². The number of nitrogens with zero attached hydrogens (tertiary/aromatic N) is 1. The number of aliphatic hydroxyl groups is 1. The van der Waals surface area contributed by atoms with E-state index in [1.807, 2.05) is 24.3 Å². The number of fused-ring (bicyclic) bond motifs is 2. The van der Waals surface area contributed by atoms with E-state index in [4.69, 9.17) is 5.73 Å². The summed E-state index contributed by atoms with van der Waals surface area (Å²) in [5, 5.41) is 10.8. The molecule has 0 saturated carbocycles. The number of carbonyl (C=O) groups excluding carboxylic acids is 1. The van der Waals surface area contributed by atoms with Gasteiger partial charge in [-0.05, 0) is 36.1 Å². The third-order valence-electron chi connectivity index (χ3n) is 5.75. The number of piperidine rings is 1. The Morgan fingerprint density at radius 2 is 1.92 bits per heavy atom. The number of hydrogen-bond donors (Lipinski definition) is 3. The highest BCUT2D eigenvalue weighted by Crippen LogP contribution is 2.50. The predicted molar refractivity (Wildman–Crippen MR) is 93.3 cm³/mol. The van der Waals surface area contributed by atoms with Crippen molar-refractivity contribution >= 4 is 5.91 Å². The number of nitrogens with two attached hydrogens (primary N) is 1. The van der Waals surface area contributed by atoms with Gasteiger partial charge in [0.1, 0.15) is 5.56 Å². The first-order valence-electron chi connectivity index (χ1n) is 8.55. The Labute approximate surface area is 145 Å². The number of pyridine rings is 1. The minimum absolute atomic E-state index is 0.155. The molecule has 2 aromatic rings. The SMILES string of the molecule is N[C@@H]1c2ccccc2C2(CCN(C(=O)c3ccc[nH]c3=O)CC2)[C@H]1O. The van der Waals surface area contributed by atoms with E-state index in [1.165, 1.54) is 6.20 Å². The standard InChI is InChI=1S/C19H21N3O3/c20-15-12-4-1-2-6-14(12)19(16(15)23)7-10-22(11-8-19)18(25)13-5-3-9-21-17(13)24/h1-6,9,15-16,23H,7-8,10-11,20H2,(H,21,24)/t15-,16+/m1/s1. The van der Waals surface area contributed by atoms with E-state index in [9.17, 15) is 14.7 Å². The second-order valence-corrected chi connectivity index (χ2v) is 6.92. The van der Waals surface area contributed by atoms with Crippen molar-refractivity contribution in [3.8, 4) is 0 Å². The summed E-state index contributed by atoms with van der Waals surface area (Å²) in [6, 6.07) is 10.7. The van der Waals surface area contributed by atoms with E-state index in [0.29, 0.717) is 25.9 Å². The molecule has 1 amide bonds. The first kappa shape index (κ1) is 16.1. The largest absolute Gasteiger partial charge is 0.390 e. The molecular formula is C19H21N3O3. The van der Waals surface area contributed by atoms with Crippen molar-refractivity contribution < 1.29 is 9.90 Å². The lowest BCUT2D eigenvalue weighted by atomic mass is 9.72. The Morgan fingerprint density at radius 1 is 1.20 bits per heavy atom. The summed E-state index contributed by atoms with van der Waals surface area (Å²) in [6.07, 6.45) is 2.13. The average molecular weight is 339 g/mol. The second-order valence-electron chi connectivity index (χ2n) is 6.92. The molecule has 1 aliphatic heterocycles. The first-order chi connectivity index (χ1) is 12.0. The molecule has 4 rings (SSSR count). The molecule has 2 atom stereocenters. The normalized spacial score (nSPS) is 24.3. The summed E-state index contributed by atoms with van der Waals surface area (Å²) in [6.45, 7) is 0.983. The topological polar surface area (TPSA) is 99.4 Å². The smallest absolute Gasteiger partial charge is 0.260 e. The molecule has 0 unspecified atom stereocenters. The van der Waals surface area contributed by atoms with Gasteiger partial charge in [0, 0.05) is 24.7 Å². The van der Waals surface area contributed by atoms with Crippen LogP contribution in [0.15, 0.2) is 47.4 Å². The fourth-order valence-electron chi connectivity index (χ4n) is 4.35. The lowest BCUT2D eigenvalue weighted by molar-refractivity contribution is 0.0262. The van der Waals surface area contributed by atoms with Crippen LogP contribution in [-0.2, 0) is 5.41 Å². The van der Waals surface area contributed by atoms with E-state index in [2.05, 4.69) is 4.98 Å². The van der Waals surface area contributed by atoms with Gasteiger partial charge in [0.05, 0.1) is 12.1 Å². The molecule has 1 aromatic heterocycles. The molecule has 25 heavy (non-hydrogen) atoms. The molecule has 130 valence electrons. The van der Waals surface area contributed by atoms with E-state index in [0.717, 1.165) is 11.1 Å². The molecule has 4 N–H and O–H groups in total. The number of aliphatic hydroxyl groups excluding tert-OH is 1. The average Bonchev–Trinajstić information content (AvgIpc) is 2.85. The van der Waals surface area contributed by atoms with Crippen LogP contribution in [0.4, 0.5) is 0 Å². The summed E-state index contributed by atoms with van der Waals surface area (Å²) in [7, 11) is 0. The third-order valence-corrected chi connectivity index (χ3v) is 5.75. The number of rotatable bonds is 1. The van der Waals surface area contributed by atoms with Crippen molar-refractivity contribution in [2.75, 3.05) is 13.1 Å². The number of carbonyl (C=O) groups is 1. The maximum Gasteiger partial charge on any atom is 0.260 e. The van der Waals surface area contributed by atoms with Gasteiger partial charge in [0.15, 0.2) is 0 Å². The summed E-state index contributed by atoms with van der Waals surface area (Å²) in [4.78, 5) is 28.7. The van der Waals surface area contributed by atoms with Gasteiger partial charge in [-0.25, -0.2) is 0 Å². The molecule has 2 heterocycles. The highest BCUT2D eigenvalue weighted by Gasteiger charge is 2.51. The van der Waals surface area contributed by atoms with Crippen molar-refractivity contribution in [3.63, 3.8) is 0 Å². The van der Waals surface area contributed by atoms with Crippen LogP contribution in [0, 0.1) is 0 Å². The molecule has 6 heteroatoms. The Balaban J connectivity index is 1.59. The number of nitrogens with one attached hydrogen (secondary N) is 1. The van der Waals surface area contributed by atoms with Crippen molar-refractivity contribution in [1.29, 1.82) is 0 Å². The molecule has 0 radical (unpaired) electrons. The number of aromatic amines is 1. The van der Waals surface area contributed by atoms with Crippen LogP contribution in [0.2, 0.25) is 0 Å². The highest BCUT2D eigenvalue weighted by atomic mass is 16.3.